The lowest BCUT2D eigenvalue weighted by atomic mass is 9.87. The van der Waals surface area contributed by atoms with Crippen LogP contribution in [-0.4, -0.2) is 83.3 Å². The lowest BCUT2D eigenvalue weighted by molar-refractivity contribution is -0.144. The number of amides is 3. The summed E-state index contributed by atoms with van der Waals surface area (Å²) in [6.45, 7) is 16.8. The average molecular weight is 537 g/mol. The Bertz CT molecular complexity index is 1010. The summed E-state index contributed by atoms with van der Waals surface area (Å²) in [5, 5.41) is 2.88. The van der Waals surface area contributed by atoms with Crippen molar-refractivity contribution in [2.45, 2.75) is 72.4 Å². The van der Waals surface area contributed by atoms with Crippen molar-refractivity contribution in [2.24, 2.45) is 11.3 Å². The Morgan fingerprint density at radius 2 is 1.62 bits per heavy atom. The summed E-state index contributed by atoms with van der Waals surface area (Å²) in [4.78, 5) is 44.6. The van der Waals surface area contributed by atoms with Crippen LogP contribution in [0, 0.1) is 17.2 Å². The highest BCUT2D eigenvalue weighted by Crippen LogP contribution is 2.38. The number of hydrogen-bond acceptors (Lipinski definition) is 4. The van der Waals surface area contributed by atoms with Crippen LogP contribution in [0.25, 0.3) is 0 Å². The molecule has 0 bridgehead atoms. The van der Waals surface area contributed by atoms with E-state index >= 15 is 0 Å². The Hall–Kier alpha value is -2.19. The second-order valence-corrected chi connectivity index (χ2v) is 13.0. The van der Waals surface area contributed by atoms with Crippen LogP contribution in [0.15, 0.2) is 18.2 Å². The monoisotopic (exact) mass is 536 g/mol. The minimum absolute atomic E-state index is 0.0345. The van der Waals surface area contributed by atoms with Crippen LogP contribution in [0.4, 0.5) is 4.39 Å². The lowest BCUT2D eigenvalue weighted by Crippen LogP contribution is -2.57. The zero-order chi connectivity index (χ0) is 27.7. The maximum atomic E-state index is 14.3. The Balaban J connectivity index is 1.72. The van der Waals surface area contributed by atoms with E-state index in [0.717, 1.165) is 5.56 Å². The summed E-state index contributed by atoms with van der Waals surface area (Å²) < 4.78 is 14.3. The highest BCUT2D eigenvalue weighted by molar-refractivity contribution is 6.30. The minimum Gasteiger partial charge on any atom is -0.345 e. The van der Waals surface area contributed by atoms with E-state index in [1.807, 2.05) is 31.7 Å². The summed E-state index contributed by atoms with van der Waals surface area (Å²) in [6.07, 6.45) is 0.536. The highest BCUT2D eigenvalue weighted by atomic mass is 35.5. The van der Waals surface area contributed by atoms with Gasteiger partial charge in [-0.1, -0.05) is 38.4 Å². The van der Waals surface area contributed by atoms with Crippen LogP contribution in [0.3, 0.4) is 0 Å². The van der Waals surface area contributed by atoms with E-state index < -0.39 is 11.9 Å². The predicted molar refractivity (Wildman–Crippen MR) is 144 cm³/mol. The molecule has 0 aromatic heterocycles. The summed E-state index contributed by atoms with van der Waals surface area (Å²) in [5.74, 6) is -1.23. The average Bonchev–Trinajstić information content (AvgIpc) is 3.24. The van der Waals surface area contributed by atoms with E-state index in [9.17, 15) is 18.8 Å². The molecular weight excluding hydrogens is 495 g/mol. The number of carbonyl (C=O) groups is 3. The van der Waals surface area contributed by atoms with Gasteiger partial charge in [0, 0.05) is 57.6 Å². The molecular formula is C28H42ClFN4O3. The molecule has 2 fully saturated rings. The van der Waals surface area contributed by atoms with Crippen molar-refractivity contribution < 1.29 is 18.8 Å². The number of likely N-dealkylation sites (tertiary alicyclic amines) is 1. The van der Waals surface area contributed by atoms with Crippen LogP contribution in [0.2, 0.25) is 5.02 Å². The summed E-state index contributed by atoms with van der Waals surface area (Å²) in [5.41, 5.74) is 0.522. The van der Waals surface area contributed by atoms with Gasteiger partial charge in [0.2, 0.25) is 17.7 Å². The van der Waals surface area contributed by atoms with Gasteiger partial charge in [0.1, 0.15) is 11.9 Å². The Morgan fingerprint density at radius 3 is 2.14 bits per heavy atom. The van der Waals surface area contributed by atoms with Crippen molar-refractivity contribution in [3.05, 3.63) is 34.6 Å². The topological polar surface area (TPSA) is 73.0 Å². The van der Waals surface area contributed by atoms with Gasteiger partial charge in [0.05, 0.1) is 10.9 Å². The van der Waals surface area contributed by atoms with E-state index in [1.54, 1.807) is 11.0 Å². The molecule has 9 heteroatoms. The Morgan fingerprint density at radius 1 is 1.03 bits per heavy atom. The number of nitrogens with zero attached hydrogens (tertiary/aromatic N) is 3. The molecule has 0 aliphatic carbocycles. The number of carbonyl (C=O) groups excluding carboxylic acids is 3. The summed E-state index contributed by atoms with van der Waals surface area (Å²) in [7, 11) is 0. The quantitative estimate of drug-likeness (QED) is 0.619. The number of hydrogen-bond donors (Lipinski definition) is 1. The fourth-order valence-electron chi connectivity index (χ4n) is 5.34. The van der Waals surface area contributed by atoms with Crippen LogP contribution in [0.5, 0.6) is 0 Å². The maximum Gasteiger partial charge on any atom is 0.245 e. The number of nitrogens with one attached hydrogen (secondary N) is 1. The first kappa shape index (κ1) is 29.4. The van der Waals surface area contributed by atoms with Gasteiger partial charge in [-0.2, -0.15) is 0 Å². The fourth-order valence-corrected chi connectivity index (χ4v) is 5.46. The highest BCUT2D eigenvalue weighted by Gasteiger charge is 2.44. The molecule has 2 aliphatic rings. The third kappa shape index (κ3) is 7.44. The van der Waals surface area contributed by atoms with Crippen LogP contribution in [0.1, 0.15) is 66.4 Å². The van der Waals surface area contributed by atoms with Gasteiger partial charge in [-0.25, -0.2) is 4.39 Å². The van der Waals surface area contributed by atoms with Crippen LogP contribution >= 0.6 is 11.6 Å². The normalized spacial score (nSPS) is 22.2. The van der Waals surface area contributed by atoms with Crippen LogP contribution < -0.4 is 5.32 Å². The third-order valence-corrected chi connectivity index (χ3v) is 7.66. The molecule has 2 aliphatic heterocycles. The number of benzene rings is 1. The first-order valence-electron chi connectivity index (χ1n) is 13.1. The van der Waals surface area contributed by atoms with Crippen molar-refractivity contribution in [3.8, 4) is 0 Å². The zero-order valence-corrected chi connectivity index (χ0v) is 24.0. The fraction of sp³-hybridized carbons (Fsp3) is 0.679. The summed E-state index contributed by atoms with van der Waals surface area (Å²) in [6, 6.07) is 4.24. The second kappa shape index (κ2) is 11.3. The minimum atomic E-state index is -0.584. The van der Waals surface area contributed by atoms with Gasteiger partial charge in [0.25, 0.3) is 0 Å². The molecule has 1 N–H and O–H groups in total. The van der Waals surface area contributed by atoms with Crippen molar-refractivity contribution in [1.29, 1.82) is 0 Å². The molecule has 0 radical (unpaired) electrons. The molecule has 0 spiro atoms. The van der Waals surface area contributed by atoms with E-state index in [2.05, 4.69) is 31.0 Å². The van der Waals surface area contributed by atoms with Gasteiger partial charge in [-0.3, -0.25) is 19.3 Å². The van der Waals surface area contributed by atoms with Crippen molar-refractivity contribution in [2.75, 3.05) is 39.3 Å². The number of halogens is 2. The van der Waals surface area contributed by atoms with E-state index in [1.165, 1.54) is 13.0 Å². The smallest absolute Gasteiger partial charge is 0.245 e. The molecule has 2 unspecified atom stereocenters. The van der Waals surface area contributed by atoms with Gasteiger partial charge in [0.15, 0.2) is 0 Å². The molecule has 2 heterocycles. The van der Waals surface area contributed by atoms with E-state index in [0.29, 0.717) is 45.7 Å². The van der Waals surface area contributed by atoms with Gasteiger partial charge < -0.3 is 15.1 Å². The zero-order valence-electron chi connectivity index (χ0n) is 23.2. The number of rotatable bonds is 5. The third-order valence-electron chi connectivity index (χ3n) is 7.35. The molecule has 7 nitrogen and oxygen atoms in total. The summed E-state index contributed by atoms with van der Waals surface area (Å²) >= 11 is 5.92. The van der Waals surface area contributed by atoms with Crippen molar-refractivity contribution in [3.63, 3.8) is 0 Å². The lowest BCUT2D eigenvalue weighted by Gasteiger charge is -2.39. The molecule has 0 saturated carbocycles. The van der Waals surface area contributed by atoms with Gasteiger partial charge >= 0.3 is 0 Å². The standard InChI is InChI=1S/C28H42ClFN4O3/c1-18(35)31-24(15-27(2,3)4)26(37)33-12-10-32(11-13-33)25(36)21-17-34(28(5,6)7)16-20(21)19-8-9-22(29)23(30)14-19/h8-9,14,20-21,24H,10-13,15-17H2,1-7H3,(H,31,35)/t20?,21?,24-/m0/s1. The molecule has 3 atom stereocenters. The van der Waals surface area contributed by atoms with Gasteiger partial charge in [-0.15, -0.1) is 0 Å². The van der Waals surface area contributed by atoms with Crippen molar-refractivity contribution >= 4 is 29.3 Å². The first-order chi connectivity index (χ1) is 17.1. The van der Waals surface area contributed by atoms with E-state index in [-0.39, 0.29) is 45.5 Å². The molecule has 3 rings (SSSR count). The molecule has 1 aromatic carbocycles. The van der Waals surface area contributed by atoms with Gasteiger partial charge in [-0.05, 0) is 50.3 Å². The number of piperazine rings is 1. The predicted octanol–water partition coefficient (Wildman–Crippen LogP) is 3.90. The second-order valence-electron chi connectivity index (χ2n) is 12.6. The Kier molecular flexibility index (Phi) is 8.95. The molecule has 206 valence electrons. The maximum absolute atomic E-state index is 14.3. The SMILES string of the molecule is CC(=O)N[C@@H](CC(C)(C)C)C(=O)N1CCN(C(=O)C2CN(C(C)(C)C)CC2c2ccc(Cl)c(F)c2)CC1. The van der Waals surface area contributed by atoms with Crippen molar-refractivity contribution in [1.82, 2.24) is 20.0 Å². The molecule has 1 aromatic rings. The molecule has 2 saturated heterocycles. The van der Waals surface area contributed by atoms with Crippen LogP contribution in [-0.2, 0) is 14.4 Å². The first-order valence-corrected chi connectivity index (χ1v) is 13.5. The Labute approximate surface area is 225 Å². The largest absolute Gasteiger partial charge is 0.345 e. The molecule has 3 amide bonds. The van der Waals surface area contributed by atoms with E-state index in [4.69, 9.17) is 11.6 Å². The molecule has 37 heavy (non-hydrogen) atoms.